The molecule has 0 aliphatic rings. The maximum Gasteiger partial charge on any atom is 0.453 e. The average Bonchev–Trinajstić information content (AvgIpc) is 3.27. The van der Waals surface area contributed by atoms with Crippen molar-refractivity contribution in [1.29, 1.82) is 0 Å². The minimum absolute atomic E-state index is 0.141. The summed E-state index contributed by atoms with van der Waals surface area (Å²) in [6.45, 7) is 0.312. The predicted octanol–water partition coefficient (Wildman–Crippen LogP) is 8.66. The highest BCUT2D eigenvalue weighted by molar-refractivity contribution is 7.91. The summed E-state index contributed by atoms with van der Waals surface area (Å²) in [5, 5.41) is 20.6. The lowest BCUT2D eigenvalue weighted by atomic mass is 10.0. The highest BCUT2D eigenvalue weighted by Gasteiger charge is 2.56. The van der Waals surface area contributed by atoms with E-state index in [1.807, 2.05) is 12.1 Å². The van der Waals surface area contributed by atoms with E-state index in [0.717, 1.165) is 21.2 Å². The Morgan fingerprint density at radius 1 is 0.805 bits per heavy atom. The van der Waals surface area contributed by atoms with Gasteiger partial charge < -0.3 is 24.2 Å². The van der Waals surface area contributed by atoms with Crippen molar-refractivity contribution >= 4 is 32.6 Å². The van der Waals surface area contributed by atoms with Crippen LogP contribution in [0.2, 0.25) is 0 Å². The standard InChI is InChI=1S/C29H27F5O5S2/c30-28(31,29(32,33)34)12-3-15-41(37)14-2-1-13-38-22-8-10-23(11-9-22)39-25-16-20-17-27(36)40-26(20)18-24(25)19-4-6-21(35)7-5-19/h4-11,16-18,35-36H,1-3,12-15H2. The Morgan fingerprint density at radius 3 is 2.15 bits per heavy atom. The van der Waals surface area contributed by atoms with Crippen molar-refractivity contribution in [3.8, 4) is 39.2 Å². The van der Waals surface area contributed by atoms with Gasteiger partial charge in [-0.05, 0) is 79.4 Å². The normalized spacial score (nSPS) is 12.9. The first kappa shape index (κ1) is 30.7. The molecule has 0 amide bonds. The number of hydrogen-bond donors (Lipinski definition) is 2. The largest absolute Gasteiger partial charge is 0.616 e. The Bertz CT molecular complexity index is 1420. The zero-order chi connectivity index (χ0) is 29.6. The van der Waals surface area contributed by atoms with Crippen LogP contribution < -0.4 is 9.47 Å². The van der Waals surface area contributed by atoms with Crippen LogP contribution in [0.15, 0.2) is 66.7 Å². The number of hydrogen-bond acceptors (Lipinski definition) is 6. The Kier molecular flexibility index (Phi) is 9.88. The summed E-state index contributed by atoms with van der Waals surface area (Å²) in [7, 11) is 0. The Labute approximate surface area is 240 Å². The number of phenolic OH excluding ortho intramolecular Hbond substituents is 1. The second-order valence-electron chi connectivity index (χ2n) is 9.30. The second-order valence-corrected chi connectivity index (χ2v) is 12.1. The van der Waals surface area contributed by atoms with Crippen molar-refractivity contribution < 1.29 is 46.2 Å². The third-order valence-corrected chi connectivity index (χ3v) is 8.54. The topological polar surface area (TPSA) is 82.0 Å². The van der Waals surface area contributed by atoms with Gasteiger partial charge >= 0.3 is 12.1 Å². The first-order chi connectivity index (χ1) is 19.4. The van der Waals surface area contributed by atoms with E-state index >= 15 is 0 Å². The van der Waals surface area contributed by atoms with Crippen LogP contribution in [0.1, 0.15) is 25.7 Å². The van der Waals surface area contributed by atoms with Gasteiger partial charge in [0.2, 0.25) is 0 Å². The Balaban J connectivity index is 1.26. The minimum Gasteiger partial charge on any atom is -0.616 e. The van der Waals surface area contributed by atoms with E-state index in [0.29, 0.717) is 36.7 Å². The summed E-state index contributed by atoms with van der Waals surface area (Å²) in [4.78, 5) is 0. The maximum absolute atomic E-state index is 12.9. The van der Waals surface area contributed by atoms with Gasteiger partial charge in [0, 0.05) is 22.1 Å². The van der Waals surface area contributed by atoms with E-state index in [2.05, 4.69) is 0 Å². The number of aromatic hydroxyl groups is 2. The molecule has 4 aromatic rings. The number of unbranched alkanes of at least 4 members (excludes halogenated alkanes) is 1. The molecule has 4 rings (SSSR count). The molecule has 1 aromatic heterocycles. The van der Waals surface area contributed by atoms with Crippen LogP contribution in [0.3, 0.4) is 0 Å². The fourth-order valence-electron chi connectivity index (χ4n) is 3.99. The van der Waals surface area contributed by atoms with Gasteiger partial charge in [0.15, 0.2) is 5.06 Å². The van der Waals surface area contributed by atoms with Gasteiger partial charge in [-0.2, -0.15) is 22.0 Å². The fraction of sp³-hybridized carbons (Fsp3) is 0.310. The summed E-state index contributed by atoms with van der Waals surface area (Å²) in [5.41, 5.74) is 1.61. The fourth-order valence-corrected chi connectivity index (χ4v) is 6.01. The van der Waals surface area contributed by atoms with Gasteiger partial charge in [-0.1, -0.05) is 34.6 Å². The molecule has 0 aliphatic heterocycles. The first-order valence-electron chi connectivity index (χ1n) is 12.7. The molecule has 0 bridgehead atoms. The molecule has 0 saturated carbocycles. The quantitative estimate of drug-likeness (QED) is 0.0895. The summed E-state index contributed by atoms with van der Waals surface area (Å²) >= 11 is -0.224. The lowest BCUT2D eigenvalue weighted by Gasteiger charge is -2.19. The van der Waals surface area contributed by atoms with Crippen molar-refractivity contribution in [2.24, 2.45) is 0 Å². The smallest absolute Gasteiger partial charge is 0.453 e. The zero-order valence-electron chi connectivity index (χ0n) is 21.6. The number of benzene rings is 3. The monoisotopic (exact) mass is 614 g/mol. The first-order valence-corrected chi connectivity index (χ1v) is 15.0. The molecular weight excluding hydrogens is 587 g/mol. The van der Waals surface area contributed by atoms with E-state index in [1.165, 1.54) is 11.3 Å². The molecule has 220 valence electrons. The van der Waals surface area contributed by atoms with Gasteiger partial charge in [-0.15, -0.1) is 0 Å². The highest BCUT2D eigenvalue weighted by atomic mass is 32.2. The molecule has 1 unspecified atom stereocenters. The van der Waals surface area contributed by atoms with Gasteiger partial charge in [0.05, 0.1) is 6.61 Å². The zero-order valence-corrected chi connectivity index (χ0v) is 23.3. The Hall–Kier alpha value is -3.22. The van der Waals surface area contributed by atoms with Gasteiger partial charge in [0.1, 0.15) is 34.5 Å². The summed E-state index contributed by atoms with van der Waals surface area (Å²) < 4.78 is 87.1. The molecule has 0 radical (unpaired) electrons. The number of rotatable bonds is 13. The van der Waals surface area contributed by atoms with Crippen LogP contribution >= 0.6 is 11.3 Å². The van der Waals surface area contributed by atoms with Crippen molar-refractivity contribution in [3.63, 3.8) is 0 Å². The number of alkyl halides is 5. The summed E-state index contributed by atoms with van der Waals surface area (Å²) in [6.07, 6.45) is -6.41. The third-order valence-electron chi connectivity index (χ3n) is 6.15. The average molecular weight is 615 g/mol. The van der Waals surface area contributed by atoms with Crippen LogP contribution in [0, 0.1) is 0 Å². The molecule has 1 heterocycles. The SMILES string of the molecule is [O-][S+](CCCCOc1ccc(Oc2cc3cc(O)sc3cc2-c2ccc(O)cc2)cc1)CCCC(F)(F)C(F)(F)F. The van der Waals surface area contributed by atoms with Crippen LogP contribution in [0.4, 0.5) is 22.0 Å². The molecule has 5 nitrogen and oxygen atoms in total. The number of thiophene rings is 1. The molecular formula is C29H27F5O5S2. The van der Waals surface area contributed by atoms with Crippen LogP contribution in [0.25, 0.3) is 21.2 Å². The lowest BCUT2D eigenvalue weighted by molar-refractivity contribution is -0.284. The molecule has 1 atom stereocenters. The number of fused-ring (bicyclic) bond motifs is 1. The molecule has 3 aromatic carbocycles. The van der Waals surface area contributed by atoms with Gasteiger partial charge in [-0.3, -0.25) is 0 Å². The molecule has 0 spiro atoms. The molecule has 12 heteroatoms. The van der Waals surface area contributed by atoms with Crippen LogP contribution in [0.5, 0.6) is 28.1 Å². The number of halogens is 5. The van der Waals surface area contributed by atoms with Crippen molar-refractivity contribution in [2.45, 2.75) is 37.8 Å². The number of phenols is 1. The van der Waals surface area contributed by atoms with Crippen LogP contribution in [-0.2, 0) is 11.2 Å². The molecule has 0 aliphatic carbocycles. The van der Waals surface area contributed by atoms with E-state index in [1.54, 1.807) is 54.6 Å². The molecule has 41 heavy (non-hydrogen) atoms. The maximum atomic E-state index is 12.9. The van der Waals surface area contributed by atoms with Crippen molar-refractivity contribution in [1.82, 2.24) is 0 Å². The van der Waals surface area contributed by atoms with E-state index in [-0.39, 0.29) is 22.3 Å². The second kappa shape index (κ2) is 13.2. The predicted molar refractivity (Wildman–Crippen MR) is 150 cm³/mol. The van der Waals surface area contributed by atoms with E-state index in [4.69, 9.17) is 9.47 Å². The van der Waals surface area contributed by atoms with Crippen molar-refractivity contribution in [2.75, 3.05) is 18.1 Å². The lowest BCUT2D eigenvalue weighted by Crippen LogP contribution is -2.36. The minimum atomic E-state index is -5.59. The summed E-state index contributed by atoms with van der Waals surface area (Å²) in [6, 6.07) is 19.0. The molecule has 2 N–H and O–H groups in total. The van der Waals surface area contributed by atoms with Gasteiger partial charge in [0.25, 0.3) is 0 Å². The summed E-state index contributed by atoms with van der Waals surface area (Å²) in [5.74, 6) is -2.95. The van der Waals surface area contributed by atoms with Crippen molar-refractivity contribution in [3.05, 3.63) is 66.7 Å². The van der Waals surface area contributed by atoms with E-state index in [9.17, 15) is 36.7 Å². The van der Waals surface area contributed by atoms with Crippen LogP contribution in [-0.4, -0.2) is 45.0 Å². The van der Waals surface area contributed by atoms with E-state index < -0.39 is 36.1 Å². The van der Waals surface area contributed by atoms with Gasteiger partial charge in [-0.25, -0.2) is 0 Å². The third kappa shape index (κ3) is 8.40. The molecule has 0 saturated heterocycles. The highest BCUT2D eigenvalue weighted by Crippen LogP contribution is 2.42. The molecule has 0 fully saturated rings. The Morgan fingerprint density at radius 2 is 1.46 bits per heavy atom. The number of ether oxygens (including phenoxy) is 2.